The molecule has 1 aromatic carbocycles. The number of hydrogen-bond donors (Lipinski definition) is 2. The highest BCUT2D eigenvalue weighted by atomic mass is 16.1. The number of nitrogens with one attached hydrogen (secondary N) is 1. The number of carbonyl (C=O) groups is 1. The molecular formula is C18H30N2O. The summed E-state index contributed by atoms with van der Waals surface area (Å²) >= 11 is 0. The molecule has 3 heteroatoms. The summed E-state index contributed by atoms with van der Waals surface area (Å²) in [4.78, 5) is 11.9. The van der Waals surface area contributed by atoms with E-state index in [1.807, 2.05) is 0 Å². The van der Waals surface area contributed by atoms with Crippen molar-refractivity contribution in [3.63, 3.8) is 0 Å². The number of aryl methyl sites for hydroxylation is 2. The Hall–Kier alpha value is -1.35. The SMILES string of the molecule is Cc1ccc(CCCCC(=O)NC(CN)CC(C)C)cc1. The first kappa shape index (κ1) is 17.7. The van der Waals surface area contributed by atoms with Crippen LogP contribution < -0.4 is 11.1 Å². The Morgan fingerprint density at radius 2 is 1.86 bits per heavy atom. The quantitative estimate of drug-likeness (QED) is 0.686. The third-order valence-corrected chi connectivity index (χ3v) is 3.65. The molecule has 0 heterocycles. The number of hydrogen-bond acceptors (Lipinski definition) is 2. The number of benzene rings is 1. The molecule has 0 bridgehead atoms. The summed E-state index contributed by atoms with van der Waals surface area (Å²) in [6.45, 7) is 6.92. The maximum absolute atomic E-state index is 11.9. The van der Waals surface area contributed by atoms with Crippen molar-refractivity contribution in [2.24, 2.45) is 11.7 Å². The van der Waals surface area contributed by atoms with E-state index in [0.29, 0.717) is 18.9 Å². The highest BCUT2D eigenvalue weighted by Gasteiger charge is 2.11. The predicted octanol–water partition coefficient (Wildman–Crippen LogP) is 3.20. The van der Waals surface area contributed by atoms with E-state index in [2.05, 4.69) is 50.4 Å². The average molecular weight is 290 g/mol. The molecule has 0 aliphatic carbocycles. The van der Waals surface area contributed by atoms with Crippen molar-refractivity contribution in [3.05, 3.63) is 35.4 Å². The lowest BCUT2D eigenvalue weighted by atomic mass is 10.0. The lowest BCUT2D eigenvalue weighted by Gasteiger charge is -2.18. The molecule has 0 aliphatic rings. The van der Waals surface area contributed by atoms with Gasteiger partial charge < -0.3 is 11.1 Å². The predicted molar refractivity (Wildman–Crippen MR) is 89.2 cm³/mol. The van der Waals surface area contributed by atoms with Crippen LogP contribution in [-0.4, -0.2) is 18.5 Å². The van der Waals surface area contributed by atoms with Crippen LogP contribution >= 0.6 is 0 Å². The minimum Gasteiger partial charge on any atom is -0.352 e. The van der Waals surface area contributed by atoms with Crippen LogP contribution in [0.2, 0.25) is 0 Å². The summed E-state index contributed by atoms with van der Waals surface area (Å²) in [7, 11) is 0. The first-order valence-corrected chi connectivity index (χ1v) is 8.06. The van der Waals surface area contributed by atoms with Crippen LogP contribution in [0.4, 0.5) is 0 Å². The molecule has 1 amide bonds. The van der Waals surface area contributed by atoms with Crippen LogP contribution in [0.5, 0.6) is 0 Å². The highest BCUT2D eigenvalue weighted by molar-refractivity contribution is 5.76. The van der Waals surface area contributed by atoms with E-state index >= 15 is 0 Å². The highest BCUT2D eigenvalue weighted by Crippen LogP contribution is 2.09. The van der Waals surface area contributed by atoms with Gasteiger partial charge in [0.15, 0.2) is 0 Å². The third-order valence-electron chi connectivity index (χ3n) is 3.65. The van der Waals surface area contributed by atoms with Gasteiger partial charge in [-0.15, -0.1) is 0 Å². The average Bonchev–Trinajstić information content (AvgIpc) is 2.44. The largest absolute Gasteiger partial charge is 0.352 e. The van der Waals surface area contributed by atoms with Crippen molar-refractivity contribution in [1.29, 1.82) is 0 Å². The second-order valence-corrected chi connectivity index (χ2v) is 6.32. The summed E-state index contributed by atoms with van der Waals surface area (Å²) in [5.41, 5.74) is 8.33. The molecule has 0 saturated carbocycles. The van der Waals surface area contributed by atoms with Crippen molar-refractivity contribution in [1.82, 2.24) is 5.32 Å². The molecule has 3 N–H and O–H groups in total. The van der Waals surface area contributed by atoms with Gasteiger partial charge in [-0.1, -0.05) is 43.7 Å². The van der Waals surface area contributed by atoms with Gasteiger partial charge in [-0.3, -0.25) is 4.79 Å². The van der Waals surface area contributed by atoms with Gasteiger partial charge in [-0.25, -0.2) is 0 Å². The topological polar surface area (TPSA) is 55.1 Å². The van der Waals surface area contributed by atoms with Crippen LogP contribution in [-0.2, 0) is 11.2 Å². The second-order valence-electron chi connectivity index (χ2n) is 6.32. The summed E-state index contributed by atoms with van der Waals surface area (Å²) in [5.74, 6) is 0.690. The molecule has 1 atom stereocenters. The lowest BCUT2D eigenvalue weighted by molar-refractivity contribution is -0.121. The minimum atomic E-state index is 0.120. The molecule has 0 radical (unpaired) electrons. The summed E-state index contributed by atoms with van der Waals surface area (Å²) in [6.07, 6.45) is 4.57. The van der Waals surface area contributed by atoms with Crippen LogP contribution in [0.25, 0.3) is 0 Å². The van der Waals surface area contributed by atoms with Crippen molar-refractivity contribution < 1.29 is 4.79 Å². The number of carbonyl (C=O) groups excluding carboxylic acids is 1. The van der Waals surface area contributed by atoms with E-state index in [0.717, 1.165) is 25.7 Å². The van der Waals surface area contributed by atoms with Gasteiger partial charge in [0.2, 0.25) is 5.91 Å². The minimum absolute atomic E-state index is 0.120. The van der Waals surface area contributed by atoms with Crippen LogP contribution in [0.3, 0.4) is 0 Å². The zero-order valence-corrected chi connectivity index (χ0v) is 13.7. The zero-order valence-electron chi connectivity index (χ0n) is 13.7. The molecule has 21 heavy (non-hydrogen) atoms. The smallest absolute Gasteiger partial charge is 0.220 e. The van der Waals surface area contributed by atoms with Gasteiger partial charge in [-0.2, -0.15) is 0 Å². The molecule has 1 aromatic rings. The molecule has 118 valence electrons. The second kappa shape index (κ2) is 9.56. The van der Waals surface area contributed by atoms with E-state index in [1.54, 1.807) is 0 Å². The molecule has 1 rings (SSSR count). The van der Waals surface area contributed by atoms with Crippen LogP contribution in [0.1, 0.15) is 50.7 Å². The Labute approximate surface area is 129 Å². The summed E-state index contributed by atoms with van der Waals surface area (Å²) in [6, 6.07) is 8.74. The first-order valence-electron chi connectivity index (χ1n) is 8.06. The van der Waals surface area contributed by atoms with E-state index in [9.17, 15) is 4.79 Å². The maximum atomic E-state index is 11.9. The molecule has 3 nitrogen and oxygen atoms in total. The number of unbranched alkanes of at least 4 members (excludes halogenated alkanes) is 1. The summed E-state index contributed by atoms with van der Waals surface area (Å²) in [5, 5.41) is 3.04. The number of nitrogens with two attached hydrogens (primary N) is 1. The molecule has 0 aromatic heterocycles. The summed E-state index contributed by atoms with van der Waals surface area (Å²) < 4.78 is 0. The fraction of sp³-hybridized carbons (Fsp3) is 0.611. The Morgan fingerprint density at radius 1 is 1.19 bits per heavy atom. The molecular weight excluding hydrogens is 260 g/mol. The van der Waals surface area contributed by atoms with Gasteiger partial charge in [0, 0.05) is 19.0 Å². The lowest BCUT2D eigenvalue weighted by Crippen LogP contribution is -2.40. The van der Waals surface area contributed by atoms with E-state index < -0.39 is 0 Å². The first-order chi connectivity index (χ1) is 10.0. The van der Waals surface area contributed by atoms with Gasteiger partial charge in [0.1, 0.15) is 0 Å². The standard InChI is InChI=1S/C18H30N2O/c1-14(2)12-17(13-19)20-18(21)7-5-4-6-16-10-8-15(3)9-11-16/h8-11,14,17H,4-7,12-13,19H2,1-3H3,(H,20,21). The monoisotopic (exact) mass is 290 g/mol. The van der Waals surface area contributed by atoms with Crippen molar-refractivity contribution in [2.45, 2.75) is 58.9 Å². The van der Waals surface area contributed by atoms with E-state index in [4.69, 9.17) is 5.73 Å². The van der Waals surface area contributed by atoms with Crippen molar-refractivity contribution >= 4 is 5.91 Å². The van der Waals surface area contributed by atoms with Gasteiger partial charge >= 0.3 is 0 Å². The van der Waals surface area contributed by atoms with Gasteiger partial charge in [-0.05, 0) is 44.1 Å². The zero-order chi connectivity index (χ0) is 15.7. The maximum Gasteiger partial charge on any atom is 0.220 e. The van der Waals surface area contributed by atoms with E-state index in [1.165, 1.54) is 11.1 Å². The van der Waals surface area contributed by atoms with Crippen LogP contribution in [0, 0.1) is 12.8 Å². The van der Waals surface area contributed by atoms with Crippen LogP contribution in [0.15, 0.2) is 24.3 Å². The fourth-order valence-electron chi connectivity index (χ4n) is 2.45. The molecule has 0 saturated heterocycles. The van der Waals surface area contributed by atoms with E-state index in [-0.39, 0.29) is 11.9 Å². The molecule has 0 fully saturated rings. The Balaban J connectivity index is 2.19. The van der Waals surface area contributed by atoms with Crippen molar-refractivity contribution in [2.75, 3.05) is 6.54 Å². The van der Waals surface area contributed by atoms with Gasteiger partial charge in [0.05, 0.1) is 0 Å². The number of amides is 1. The Kier molecular flexibility index (Phi) is 8.06. The Morgan fingerprint density at radius 3 is 2.43 bits per heavy atom. The Bertz CT molecular complexity index is 412. The van der Waals surface area contributed by atoms with Crippen molar-refractivity contribution in [3.8, 4) is 0 Å². The normalized spacial score (nSPS) is 12.4. The molecule has 1 unspecified atom stereocenters. The molecule has 0 spiro atoms. The molecule has 0 aliphatic heterocycles. The third kappa shape index (κ3) is 7.86. The number of rotatable bonds is 9. The van der Waals surface area contributed by atoms with Gasteiger partial charge in [0.25, 0.3) is 0 Å². The fourth-order valence-corrected chi connectivity index (χ4v) is 2.45.